The molecule has 0 unspecified atom stereocenters. The average Bonchev–Trinajstić information content (AvgIpc) is 3.58. The molecule has 0 aliphatic rings. The van der Waals surface area contributed by atoms with Gasteiger partial charge in [-0.1, -0.05) is 53.2 Å². The molecule has 0 fully saturated rings. The minimum absolute atomic E-state index is 0.0594. The molecule has 4 rings (SSSR count). The van der Waals surface area contributed by atoms with Crippen LogP contribution in [-0.2, 0) is 22.5 Å². The molecule has 0 atom stereocenters. The maximum Gasteiger partial charge on any atom is 0.341 e. The number of thiophene rings is 1. The van der Waals surface area contributed by atoms with E-state index in [4.69, 9.17) is 37.4 Å². The Morgan fingerprint density at radius 3 is 2.62 bits per heavy atom. The van der Waals surface area contributed by atoms with E-state index in [1.54, 1.807) is 43.5 Å². The van der Waals surface area contributed by atoms with Gasteiger partial charge in [0.1, 0.15) is 27.9 Å². The third kappa shape index (κ3) is 7.86. The minimum atomic E-state index is -0.539. The number of halogens is 2. The number of aryl methyl sites for hydroxylation is 1. The van der Waals surface area contributed by atoms with E-state index in [1.807, 2.05) is 22.1 Å². The van der Waals surface area contributed by atoms with E-state index in [2.05, 4.69) is 22.1 Å². The summed E-state index contributed by atoms with van der Waals surface area (Å²) in [4.78, 5) is 25.6. The third-order valence-electron chi connectivity index (χ3n) is 5.97. The number of thioether (sulfide) groups is 1. The van der Waals surface area contributed by atoms with Crippen molar-refractivity contribution < 1.29 is 23.8 Å². The first kappa shape index (κ1) is 31.4. The predicted octanol–water partition coefficient (Wildman–Crippen LogP) is 7.04. The molecule has 42 heavy (non-hydrogen) atoms. The summed E-state index contributed by atoms with van der Waals surface area (Å²) in [6.07, 6.45) is 3.02. The lowest BCUT2D eigenvalue weighted by molar-refractivity contribution is -0.113. The Labute approximate surface area is 261 Å². The fourth-order valence-corrected chi connectivity index (χ4v) is 6.16. The molecule has 4 aromatic rings. The molecule has 9 nitrogen and oxygen atoms in total. The van der Waals surface area contributed by atoms with Crippen LogP contribution in [0, 0.1) is 0 Å². The molecule has 2 aromatic heterocycles. The van der Waals surface area contributed by atoms with E-state index in [9.17, 15) is 9.59 Å². The SMILES string of the molecule is C=CCn1c(CCCOc2ccc(Cl)cc2Cl)nnc1SCC(=O)Nc1scc(-c2ccc(OC)cc2)c1C(=O)OC. The number of anilines is 1. The molecule has 0 aliphatic heterocycles. The van der Waals surface area contributed by atoms with Crippen LogP contribution in [0.5, 0.6) is 11.5 Å². The number of benzene rings is 2. The largest absolute Gasteiger partial charge is 0.497 e. The molecule has 220 valence electrons. The van der Waals surface area contributed by atoms with Crippen molar-refractivity contribution in [2.75, 3.05) is 31.9 Å². The Hall–Kier alpha value is -3.51. The Morgan fingerprint density at radius 1 is 1.14 bits per heavy atom. The van der Waals surface area contributed by atoms with Gasteiger partial charge in [-0.3, -0.25) is 4.79 Å². The van der Waals surface area contributed by atoms with Gasteiger partial charge in [-0.2, -0.15) is 0 Å². The zero-order chi connectivity index (χ0) is 30.1. The second-order valence-corrected chi connectivity index (χ2v) is 11.4. The Morgan fingerprint density at radius 2 is 1.93 bits per heavy atom. The summed E-state index contributed by atoms with van der Waals surface area (Å²) in [5.41, 5.74) is 1.76. The standard InChI is InChI=1S/C29H28Cl2N4O5S2/c1-4-13-35-24(6-5-14-40-23-12-9-19(30)15-22(23)31)33-34-29(35)42-17-25(36)32-27-26(28(37)39-3)21(16-41-27)18-7-10-20(38-2)11-8-18/h4,7-12,15-16H,1,5-6,13-14,17H2,2-3H3,(H,32,36). The normalized spacial score (nSPS) is 10.8. The number of carbonyl (C=O) groups is 2. The van der Waals surface area contributed by atoms with Crippen molar-refractivity contribution in [3.63, 3.8) is 0 Å². The van der Waals surface area contributed by atoms with Gasteiger partial charge in [0.25, 0.3) is 0 Å². The van der Waals surface area contributed by atoms with Gasteiger partial charge in [0.05, 0.1) is 31.6 Å². The van der Waals surface area contributed by atoms with Crippen LogP contribution in [-0.4, -0.2) is 53.2 Å². The lowest BCUT2D eigenvalue weighted by Gasteiger charge is -2.10. The fourth-order valence-electron chi connectivity index (χ4n) is 3.96. The van der Waals surface area contributed by atoms with Crippen LogP contribution in [0.15, 0.2) is 65.7 Å². The summed E-state index contributed by atoms with van der Waals surface area (Å²) in [6, 6.07) is 12.4. The predicted molar refractivity (Wildman–Crippen MR) is 167 cm³/mol. The van der Waals surface area contributed by atoms with E-state index in [-0.39, 0.29) is 11.7 Å². The van der Waals surface area contributed by atoms with E-state index >= 15 is 0 Å². The second kappa shape index (κ2) is 15.1. The fraction of sp³-hybridized carbons (Fsp3) is 0.241. The first-order valence-electron chi connectivity index (χ1n) is 12.7. The molecule has 0 aliphatic carbocycles. The van der Waals surface area contributed by atoms with Gasteiger partial charge < -0.3 is 24.1 Å². The molecular weight excluding hydrogens is 619 g/mol. The highest BCUT2D eigenvalue weighted by Crippen LogP contribution is 2.37. The molecule has 1 N–H and O–H groups in total. The Bertz CT molecular complexity index is 1560. The van der Waals surface area contributed by atoms with Crippen molar-refractivity contribution >= 4 is 63.2 Å². The van der Waals surface area contributed by atoms with Crippen LogP contribution in [0.3, 0.4) is 0 Å². The maximum atomic E-state index is 12.9. The molecule has 0 saturated carbocycles. The number of hydrogen-bond acceptors (Lipinski definition) is 9. The minimum Gasteiger partial charge on any atom is -0.497 e. The summed E-state index contributed by atoms with van der Waals surface area (Å²) < 4.78 is 17.9. The highest BCUT2D eigenvalue weighted by Gasteiger charge is 2.23. The Kier molecular flexibility index (Phi) is 11.3. The lowest BCUT2D eigenvalue weighted by atomic mass is 10.0. The topological polar surface area (TPSA) is 105 Å². The number of esters is 1. The number of hydrogen-bond donors (Lipinski definition) is 1. The zero-order valence-corrected chi connectivity index (χ0v) is 26.0. The second-order valence-electron chi connectivity index (χ2n) is 8.74. The van der Waals surface area contributed by atoms with Gasteiger partial charge in [0.15, 0.2) is 5.16 Å². The van der Waals surface area contributed by atoms with Crippen LogP contribution in [0.25, 0.3) is 11.1 Å². The molecular formula is C29H28Cl2N4O5S2. The van der Waals surface area contributed by atoms with Gasteiger partial charge in [-0.25, -0.2) is 4.79 Å². The maximum absolute atomic E-state index is 12.9. The van der Waals surface area contributed by atoms with Gasteiger partial charge in [-0.15, -0.1) is 28.1 Å². The number of carbonyl (C=O) groups excluding carboxylic acids is 2. The summed E-state index contributed by atoms with van der Waals surface area (Å²) in [7, 11) is 2.89. The molecule has 1 amide bonds. The highest BCUT2D eigenvalue weighted by molar-refractivity contribution is 7.99. The van der Waals surface area contributed by atoms with Gasteiger partial charge in [-0.05, 0) is 42.3 Å². The van der Waals surface area contributed by atoms with Crippen LogP contribution < -0.4 is 14.8 Å². The zero-order valence-electron chi connectivity index (χ0n) is 22.9. The Balaban J connectivity index is 1.38. The summed E-state index contributed by atoms with van der Waals surface area (Å²) in [5.74, 6) is 1.23. The van der Waals surface area contributed by atoms with Crippen molar-refractivity contribution in [1.29, 1.82) is 0 Å². The molecule has 0 saturated heterocycles. The molecule has 13 heteroatoms. The van der Waals surface area contributed by atoms with Gasteiger partial charge in [0, 0.05) is 28.9 Å². The number of rotatable bonds is 14. The number of methoxy groups -OCH3 is 2. The van der Waals surface area contributed by atoms with E-state index < -0.39 is 5.97 Å². The first-order chi connectivity index (χ1) is 20.3. The third-order valence-corrected chi connectivity index (χ3v) is 8.36. The van der Waals surface area contributed by atoms with E-state index in [1.165, 1.54) is 30.2 Å². The first-order valence-corrected chi connectivity index (χ1v) is 15.3. The summed E-state index contributed by atoms with van der Waals surface area (Å²) in [6.45, 7) is 4.74. The number of aromatic nitrogens is 3. The quantitative estimate of drug-likeness (QED) is 0.0673. The summed E-state index contributed by atoms with van der Waals surface area (Å²) in [5, 5.41) is 15.2. The number of ether oxygens (including phenoxy) is 3. The van der Waals surface area contributed by atoms with Crippen molar-refractivity contribution in [1.82, 2.24) is 14.8 Å². The van der Waals surface area contributed by atoms with Gasteiger partial charge >= 0.3 is 5.97 Å². The van der Waals surface area contributed by atoms with Crippen molar-refractivity contribution in [2.24, 2.45) is 0 Å². The van der Waals surface area contributed by atoms with Crippen LogP contribution in [0.4, 0.5) is 5.00 Å². The van der Waals surface area contributed by atoms with Crippen LogP contribution >= 0.6 is 46.3 Å². The van der Waals surface area contributed by atoms with Crippen LogP contribution in [0.1, 0.15) is 22.6 Å². The average molecular weight is 648 g/mol. The van der Waals surface area contributed by atoms with Crippen molar-refractivity contribution in [3.05, 3.63) is 81.9 Å². The van der Waals surface area contributed by atoms with Crippen molar-refractivity contribution in [3.8, 4) is 22.6 Å². The number of nitrogens with zero attached hydrogens (tertiary/aromatic N) is 3. The molecule has 0 radical (unpaired) electrons. The highest BCUT2D eigenvalue weighted by atomic mass is 35.5. The van der Waals surface area contributed by atoms with Crippen LogP contribution in [0.2, 0.25) is 10.0 Å². The van der Waals surface area contributed by atoms with Gasteiger partial charge in [0.2, 0.25) is 5.91 Å². The summed E-state index contributed by atoms with van der Waals surface area (Å²) >= 11 is 14.6. The number of allylic oxidation sites excluding steroid dienone is 1. The molecule has 0 bridgehead atoms. The molecule has 2 heterocycles. The van der Waals surface area contributed by atoms with E-state index in [0.29, 0.717) is 68.8 Å². The smallest absolute Gasteiger partial charge is 0.341 e. The molecule has 0 spiro atoms. The number of amides is 1. The van der Waals surface area contributed by atoms with E-state index in [0.717, 1.165) is 11.4 Å². The molecule has 2 aromatic carbocycles. The monoisotopic (exact) mass is 646 g/mol. The lowest BCUT2D eigenvalue weighted by Crippen LogP contribution is -2.16. The number of nitrogens with one attached hydrogen (secondary N) is 1. The van der Waals surface area contributed by atoms with Crippen molar-refractivity contribution in [2.45, 2.75) is 24.5 Å².